The van der Waals surface area contributed by atoms with Crippen LogP contribution in [0.5, 0.6) is 5.75 Å². The minimum Gasteiger partial charge on any atom is -0.486 e. The van der Waals surface area contributed by atoms with Crippen molar-refractivity contribution in [2.45, 2.75) is 13.5 Å². The standard InChI is InChI=1S/C25H18BrClN2O4/c1-15-2-8-20(9-3-15)29-24(30)19(13-28)10-17-11-21(26)23(22(27)12-17)33-14-16-4-6-18(7-5-16)25(31)32/h2-12H,14H2,1H3,(H,29,30)(H,31,32)/b19-10-. The van der Waals surface area contributed by atoms with Crippen LogP contribution in [0.4, 0.5) is 5.69 Å². The molecule has 3 aromatic rings. The first-order valence-electron chi connectivity index (χ1n) is 9.70. The van der Waals surface area contributed by atoms with Crippen molar-refractivity contribution < 1.29 is 19.4 Å². The number of amides is 1. The SMILES string of the molecule is Cc1ccc(NC(=O)/C(C#N)=C\c2cc(Cl)c(OCc3ccc(C(=O)O)cc3)c(Br)c2)cc1. The van der Waals surface area contributed by atoms with Crippen molar-refractivity contribution in [3.05, 3.63) is 98.0 Å². The van der Waals surface area contributed by atoms with Gasteiger partial charge in [0.05, 0.1) is 15.1 Å². The van der Waals surface area contributed by atoms with Gasteiger partial charge in [-0.25, -0.2) is 4.79 Å². The molecule has 0 heterocycles. The van der Waals surface area contributed by atoms with Crippen molar-refractivity contribution in [3.8, 4) is 11.8 Å². The number of aryl methyl sites for hydroxylation is 1. The summed E-state index contributed by atoms with van der Waals surface area (Å²) in [7, 11) is 0. The smallest absolute Gasteiger partial charge is 0.335 e. The van der Waals surface area contributed by atoms with E-state index in [9.17, 15) is 14.9 Å². The first kappa shape index (κ1) is 24.1. The molecule has 8 heteroatoms. The van der Waals surface area contributed by atoms with Crippen molar-refractivity contribution in [2.24, 2.45) is 0 Å². The van der Waals surface area contributed by atoms with E-state index in [1.807, 2.05) is 25.1 Å². The van der Waals surface area contributed by atoms with E-state index in [0.29, 0.717) is 21.5 Å². The zero-order chi connectivity index (χ0) is 24.0. The number of ether oxygens (including phenoxy) is 1. The van der Waals surface area contributed by atoms with Crippen LogP contribution >= 0.6 is 27.5 Å². The Labute approximate surface area is 204 Å². The van der Waals surface area contributed by atoms with Gasteiger partial charge >= 0.3 is 5.97 Å². The molecule has 0 saturated heterocycles. The number of nitrogens with zero attached hydrogens (tertiary/aromatic N) is 1. The number of carbonyl (C=O) groups is 2. The van der Waals surface area contributed by atoms with Crippen LogP contribution in [0.2, 0.25) is 5.02 Å². The molecule has 0 saturated carbocycles. The van der Waals surface area contributed by atoms with Crippen molar-refractivity contribution in [1.82, 2.24) is 0 Å². The number of carbonyl (C=O) groups excluding carboxylic acids is 1. The maximum atomic E-state index is 12.5. The van der Waals surface area contributed by atoms with E-state index in [0.717, 1.165) is 11.1 Å². The van der Waals surface area contributed by atoms with Gasteiger partial charge in [0.1, 0.15) is 18.2 Å². The van der Waals surface area contributed by atoms with Crippen LogP contribution in [0.25, 0.3) is 6.08 Å². The van der Waals surface area contributed by atoms with Gasteiger partial charge in [0, 0.05) is 5.69 Å². The van der Waals surface area contributed by atoms with E-state index in [2.05, 4.69) is 21.2 Å². The van der Waals surface area contributed by atoms with Crippen molar-refractivity contribution in [2.75, 3.05) is 5.32 Å². The number of nitrogens with one attached hydrogen (secondary N) is 1. The first-order valence-corrected chi connectivity index (χ1v) is 10.9. The van der Waals surface area contributed by atoms with Gasteiger partial charge in [0.15, 0.2) is 5.75 Å². The second-order valence-electron chi connectivity index (χ2n) is 7.09. The zero-order valence-electron chi connectivity index (χ0n) is 17.4. The van der Waals surface area contributed by atoms with Gasteiger partial charge in [-0.05, 0) is 76.5 Å². The van der Waals surface area contributed by atoms with Crippen LogP contribution in [0.1, 0.15) is 27.0 Å². The summed E-state index contributed by atoms with van der Waals surface area (Å²) >= 11 is 9.78. The van der Waals surface area contributed by atoms with Gasteiger partial charge in [-0.15, -0.1) is 0 Å². The van der Waals surface area contributed by atoms with Crippen LogP contribution in [0, 0.1) is 18.3 Å². The number of aromatic carboxylic acids is 1. The van der Waals surface area contributed by atoms with Gasteiger partial charge in [-0.1, -0.05) is 41.4 Å². The van der Waals surface area contributed by atoms with Crippen LogP contribution in [0.15, 0.2) is 70.7 Å². The van der Waals surface area contributed by atoms with Crippen LogP contribution < -0.4 is 10.1 Å². The largest absolute Gasteiger partial charge is 0.486 e. The highest BCUT2D eigenvalue weighted by atomic mass is 79.9. The highest BCUT2D eigenvalue weighted by Crippen LogP contribution is 2.35. The van der Waals surface area contributed by atoms with Crippen molar-refractivity contribution >= 4 is 51.2 Å². The van der Waals surface area contributed by atoms with Gasteiger partial charge in [-0.3, -0.25) is 4.79 Å². The van der Waals surface area contributed by atoms with Crippen molar-refractivity contribution in [3.63, 3.8) is 0 Å². The molecule has 3 rings (SSSR count). The monoisotopic (exact) mass is 524 g/mol. The Bertz CT molecular complexity index is 1240. The van der Waals surface area contributed by atoms with E-state index >= 15 is 0 Å². The Morgan fingerprint density at radius 3 is 2.39 bits per heavy atom. The quantitative estimate of drug-likeness (QED) is 0.281. The van der Waals surface area contributed by atoms with E-state index < -0.39 is 11.9 Å². The predicted octanol–water partition coefficient (Wildman–Crippen LogP) is 6.23. The molecule has 166 valence electrons. The minimum absolute atomic E-state index is 0.0780. The highest BCUT2D eigenvalue weighted by Gasteiger charge is 2.13. The molecule has 6 nitrogen and oxygen atoms in total. The zero-order valence-corrected chi connectivity index (χ0v) is 19.8. The van der Waals surface area contributed by atoms with Gasteiger partial charge in [-0.2, -0.15) is 5.26 Å². The summed E-state index contributed by atoms with van der Waals surface area (Å²) in [5.74, 6) is -1.14. The molecule has 33 heavy (non-hydrogen) atoms. The summed E-state index contributed by atoms with van der Waals surface area (Å²) < 4.78 is 6.33. The molecule has 0 atom stereocenters. The third-order valence-corrected chi connectivity index (χ3v) is 5.46. The molecule has 0 aliphatic carbocycles. The Morgan fingerprint density at radius 1 is 1.15 bits per heavy atom. The normalized spacial score (nSPS) is 10.9. The van der Waals surface area contributed by atoms with Crippen LogP contribution in [0.3, 0.4) is 0 Å². The average molecular weight is 526 g/mol. The van der Waals surface area contributed by atoms with E-state index in [4.69, 9.17) is 21.4 Å². The third kappa shape index (κ3) is 6.45. The highest BCUT2D eigenvalue weighted by molar-refractivity contribution is 9.10. The van der Waals surface area contributed by atoms with E-state index in [1.165, 1.54) is 18.2 Å². The van der Waals surface area contributed by atoms with E-state index in [-0.39, 0.29) is 22.8 Å². The summed E-state index contributed by atoms with van der Waals surface area (Å²) in [6, 6.07) is 18.7. The molecule has 0 radical (unpaired) electrons. The predicted molar refractivity (Wildman–Crippen MR) is 130 cm³/mol. The molecular weight excluding hydrogens is 508 g/mol. The summed E-state index contributed by atoms with van der Waals surface area (Å²) in [5.41, 5.74) is 3.07. The van der Waals surface area contributed by atoms with Gasteiger partial charge in [0.2, 0.25) is 0 Å². The molecule has 0 aliphatic heterocycles. The molecule has 0 spiro atoms. The molecular formula is C25H18BrClN2O4. The molecule has 0 aromatic heterocycles. The minimum atomic E-state index is -0.999. The number of nitriles is 1. The molecule has 0 aliphatic rings. The number of anilines is 1. The topological polar surface area (TPSA) is 99.4 Å². The maximum Gasteiger partial charge on any atom is 0.335 e. The molecule has 0 fully saturated rings. The Kier molecular flexibility index (Phi) is 7.88. The number of halogens is 2. The second-order valence-corrected chi connectivity index (χ2v) is 8.36. The average Bonchev–Trinajstić information content (AvgIpc) is 2.78. The summed E-state index contributed by atoms with van der Waals surface area (Å²) in [5, 5.41) is 21.4. The summed E-state index contributed by atoms with van der Waals surface area (Å²) in [6.45, 7) is 2.12. The molecule has 1 amide bonds. The lowest BCUT2D eigenvalue weighted by Crippen LogP contribution is -2.13. The number of hydrogen-bond acceptors (Lipinski definition) is 4. The fourth-order valence-corrected chi connectivity index (χ4v) is 3.84. The molecule has 3 aromatic carbocycles. The lowest BCUT2D eigenvalue weighted by molar-refractivity contribution is -0.112. The van der Waals surface area contributed by atoms with Crippen LogP contribution in [-0.4, -0.2) is 17.0 Å². The second kappa shape index (κ2) is 10.8. The number of carboxylic acids is 1. The number of rotatable bonds is 7. The Hall–Kier alpha value is -3.60. The Balaban J connectivity index is 1.74. The lowest BCUT2D eigenvalue weighted by atomic mass is 10.1. The van der Waals surface area contributed by atoms with Gasteiger partial charge < -0.3 is 15.2 Å². The molecule has 0 unspecified atom stereocenters. The maximum absolute atomic E-state index is 12.5. The number of hydrogen-bond donors (Lipinski definition) is 2. The number of carboxylic acid groups (broad SMARTS) is 1. The van der Waals surface area contributed by atoms with E-state index in [1.54, 1.807) is 36.4 Å². The summed E-state index contributed by atoms with van der Waals surface area (Å²) in [6.07, 6.45) is 1.44. The molecule has 2 N–H and O–H groups in total. The van der Waals surface area contributed by atoms with Gasteiger partial charge in [0.25, 0.3) is 5.91 Å². The lowest BCUT2D eigenvalue weighted by Gasteiger charge is -2.12. The third-order valence-electron chi connectivity index (χ3n) is 4.59. The fourth-order valence-electron chi connectivity index (χ4n) is 2.85. The molecule has 0 bridgehead atoms. The van der Waals surface area contributed by atoms with Crippen molar-refractivity contribution in [1.29, 1.82) is 5.26 Å². The summed E-state index contributed by atoms with van der Waals surface area (Å²) in [4.78, 5) is 23.4. The van der Waals surface area contributed by atoms with Crippen LogP contribution in [-0.2, 0) is 11.4 Å². The first-order chi connectivity index (χ1) is 15.8. The Morgan fingerprint density at radius 2 is 1.82 bits per heavy atom. The fraction of sp³-hybridized carbons (Fsp3) is 0.0800. The number of benzene rings is 3.